The van der Waals surface area contributed by atoms with Crippen molar-refractivity contribution in [1.82, 2.24) is 5.32 Å². The van der Waals surface area contributed by atoms with Crippen molar-refractivity contribution < 1.29 is 9.53 Å². The quantitative estimate of drug-likeness (QED) is 0.805. The second kappa shape index (κ2) is 4.93. The summed E-state index contributed by atoms with van der Waals surface area (Å²) in [5.41, 5.74) is -1.57. The number of nitrogens with zero attached hydrogens (tertiary/aromatic N) is 1. The highest BCUT2D eigenvalue weighted by atomic mass is 35.5. The SMILES string of the molecule is CC1(C)N=CC=CC1(C(=O)C(Cl)Cl)C1CNCO1. The molecular formula is C12H16Cl2N2O2. The zero-order valence-electron chi connectivity index (χ0n) is 10.3. The summed E-state index contributed by atoms with van der Waals surface area (Å²) in [5.74, 6) is -0.266. The molecule has 0 radical (unpaired) electrons. The van der Waals surface area contributed by atoms with E-state index in [9.17, 15) is 4.79 Å². The third-order valence-corrected chi connectivity index (χ3v) is 4.08. The number of ketones is 1. The summed E-state index contributed by atoms with van der Waals surface area (Å²) in [6.45, 7) is 4.78. The van der Waals surface area contributed by atoms with E-state index in [2.05, 4.69) is 10.3 Å². The Labute approximate surface area is 116 Å². The Morgan fingerprint density at radius 2 is 2.28 bits per heavy atom. The first-order valence-electron chi connectivity index (χ1n) is 5.79. The molecule has 1 N–H and O–H groups in total. The number of halogens is 2. The standard InChI is InChI=1S/C12H16Cl2N2O2/c1-11(2)12(4-3-5-16-11,9(17)10(13)14)8-6-15-7-18-8/h3-5,8,10,15H,6-7H2,1-2H3. The van der Waals surface area contributed by atoms with E-state index in [0.717, 1.165) is 0 Å². The summed E-state index contributed by atoms with van der Waals surface area (Å²) >= 11 is 11.6. The van der Waals surface area contributed by atoms with Gasteiger partial charge in [-0.05, 0) is 19.9 Å². The largest absolute Gasteiger partial charge is 0.360 e. The van der Waals surface area contributed by atoms with Crippen LogP contribution in [-0.4, -0.2) is 41.8 Å². The lowest BCUT2D eigenvalue weighted by molar-refractivity contribution is -0.134. The van der Waals surface area contributed by atoms with E-state index in [1.54, 1.807) is 12.3 Å². The summed E-state index contributed by atoms with van der Waals surface area (Å²) in [4.78, 5) is 15.8. The number of allylic oxidation sites excluding steroid dienone is 1. The van der Waals surface area contributed by atoms with Crippen LogP contribution in [0.5, 0.6) is 0 Å². The molecule has 1 fully saturated rings. The van der Waals surface area contributed by atoms with Crippen LogP contribution in [0.15, 0.2) is 17.1 Å². The lowest BCUT2D eigenvalue weighted by Crippen LogP contribution is -2.58. The fraction of sp³-hybridized carbons (Fsp3) is 0.667. The lowest BCUT2D eigenvalue weighted by Gasteiger charge is -2.45. The maximum absolute atomic E-state index is 12.5. The lowest BCUT2D eigenvalue weighted by atomic mass is 9.64. The van der Waals surface area contributed by atoms with Gasteiger partial charge < -0.3 is 4.74 Å². The molecule has 6 heteroatoms. The number of carbonyl (C=O) groups excluding carboxylic acids is 1. The molecule has 0 saturated carbocycles. The third-order valence-electron chi connectivity index (χ3n) is 3.68. The Morgan fingerprint density at radius 3 is 2.78 bits per heavy atom. The number of nitrogens with one attached hydrogen (secondary N) is 1. The van der Waals surface area contributed by atoms with Gasteiger partial charge in [0.25, 0.3) is 0 Å². The number of dihydropyridines is 1. The smallest absolute Gasteiger partial charge is 0.180 e. The maximum Gasteiger partial charge on any atom is 0.180 e. The maximum atomic E-state index is 12.5. The monoisotopic (exact) mass is 290 g/mol. The van der Waals surface area contributed by atoms with Crippen LogP contribution in [-0.2, 0) is 9.53 Å². The fourth-order valence-electron chi connectivity index (χ4n) is 2.66. The van der Waals surface area contributed by atoms with E-state index >= 15 is 0 Å². The fourth-order valence-corrected chi connectivity index (χ4v) is 3.02. The Bertz CT molecular complexity index is 401. The van der Waals surface area contributed by atoms with Gasteiger partial charge in [0, 0.05) is 12.8 Å². The van der Waals surface area contributed by atoms with Crippen LogP contribution >= 0.6 is 23.2 Å². The van der Waals surface area contributed by atoms with Crippen molar-refractivity contribution in [3.8, 4) is 0 Å². The number of hydrogen-bond acceptors (Lipinski definition) is 4. The highest BCUT2D eigenvalue weighted by Gasteiger charge is 2.57. The van der Waals surface area contributed by atoms with Gasteiger partial charge in [-0.1, -0.05) is 29.3 Å². The van der Waals surface area contributed by atoms with Gasteiger partial charge >= 0.3 is 0 Å². The molecule has 0 aromatic rings. The molecule has 0 amide bonds. The summed E-state index contributed by atoms with van der Waals surface area (Å²) in [6.07, 6.45) is 4.94. The second-order valence-electron chi connectivity index (χ2n) is 4.98. The highest BCUT2D eigenvalue weighted by molar-refractivity contribution is 6.54. The first kappa shape index (κ1) is 14.0. The van der Waals surface area contributed by atoms with Crippen molar-refractivity contribution >= 4 is 35.2 Å². The van der Waals surface area contributed by atoms with Gasteiger partial charge in [0.15, 0.2) is 10.6 Å². The molecule has 0 spiro atoms. The molecule has 0 aromatic carbocycles. The summed E-state index contributed by atoms with van der Waals surface area (Å²) in [7, 11) is 0. The van der Waals surface area contributed by atoms with E-state index < -0.39 is 15.8 Å². The van der Waals surface area contributed by atoms with Gasteiger partial charge in [-0.15, -0.1) is 0 Å². The third kappa shape index (κ3) is 2.01. The topological polar surface area (TPSA) is 50.7 Å². The highest BCUT2D eigenvalue weighted by Crippen LogP contribution is 2.45. The minimum atomic E-state index is -1.09. The molecule has 100 valence electrons. The van der Waals surface area contributed by atoms with E-state index in [0.29, 0.717) is 13.3 Å². The molecule has 2 atom stereocenters. The van der Waals surface area contributed by atoms with E-state index in [1.165, 1.54) is 0 Å². The number of ether oxygens (including phenoxy) is 1. The predicted octanol–water partition coefficient (Wildman–Crippen LogP) is 1.71. The molecule has 18 heavy (non-hydrogen) atoms. The minimum absolute atomic E-state index is 0.266. The van der Waals surface area contributed by atoms with Crippen molar-refractivity contribution in [1.29, 1.82) is 0 Å². The molecule has 2 unspecified atom stereocenters. The Balaban J connectivity index is 2.48. The van der Waals surface area contributed by atoms with Crippen LogP contribution in [0.4, 0.5) is 0 Å². The van der Waals surface area contributed by atoms with Crippen LogP contribution in [0.1, 0.15) is 13.8 Å². The molecular weight excluding hydrogens is 275 g/mol. The molecule has 4 nitrogen and oxygen atoms in total. The summed E-state index contributed by atoms with van der Waals surface area (Å²) < 4.78 is 5.63. The molecule has 2 rings (SSSR count). The molecule has 2 aliphatic rings. The first-order chi connectivity index (χ1) is 8.42. The van der Waals surface area contributed by atoms with Gasteiger partial charge in [0.2, 0.25) is 0 Å². The number of aliphatic imine (C=N–C) groups is 1. The Morgan fingerprint density at radius 1 is 1.56 bits per heavy atom. The molecule has 0 bridgehead atoms. The van der Waals surface area contributed by atoms with Crippen LogP contribution in [0, 0.1) is 5.41 Å². The minimum Gasteiger partial charge on any atom is -0.360 e. The average Bonchev–Trinajstić information content (AvgIpc) is 2.81. The zero-order chi connectivity index (χ0) is 13.4. The van der Waals surface area contributed by atoms with Gasteiger partial charge in [0.1, 0.15) is 5.41 Å². The number of carbonyl (C=O) groups is 1. The average molecular weight is 291 g/mol. The van der Waals surface area contributed by atoms with Gasteiger partial charge in [0.05, 0.1) is 18.4 Å². The van der Waals surface area contributed by atoms with E-state index in [4.69, 9.17) is 27.9 Å². The van der Waals surface area contributed by atoms with Gasteiger partial charge in [-0.2, -0.15) is 0 Å². The van der Waals surface area contributed by atoms with Crippen LogP contribution in [0.2, 0.25) is 0 Å². The van der Waals surface area contributed by atoms with E-state index in [1.807, 2.05) is 19.9 Å². The van der Waals surface area contributed by atoms with Gasteiger partial charge in [-0.25, -0.2) is 0 Å². The number of rotatable bonds is 3. The molecule has 2 heterocycles. The molecule has 0 aromatic heterocycles. The zero-order valence-corrected chi connectivity index (χ0v) is 11.8. The Hall–Kier alpha value is -0.420. The van der Waals surface area contributed by atoms with Crippen LogP contribution in [0.25, 0.3) is 0 Å². The van der Waals surface area contributed by atoms with Crippen molar-refractivity contribution in [2.45, 2.75) is 30.3 Å². The van der Waals surface area contributed by atoms with Crippen molar-refractivity contribution in [2.75, 3.05) is 13.3 Å². The number of alkyl halides is 2. The first-order valence-corrected chi connectivity index (χ1v) is 6.67. The molecule has 2 aliphatic heterocycles. The Kier molecular flexibility index (Phi) is 3.83. The second-order valence-corrected chi connectivity index (χ2v) is 6.08. The van der Waals surface area contributed by atoms with Crippen molar-refractivity contribution in [3.63, 3.8) is 0 Å². The van der Waals surface area contributed by atoms with Crippen LogP contribution < -0.4 is 5.32 Å². The number of hydrogen-bond donors (Lipinski definition) is 1. The summed E-state index contributed by atoms with van der Waals surface area (Å²) in [5, 5.41) is 3.08. The molecule has 0 aliphatic carbocycles. The van der Waals surface area contributed by atoms with E-state index in [-0.39, 0.29) is 11.9 Å². The van der Waals surface area contributed by atoms with Crippen LogP contribution in [0.3, 0.4) is 0 Å². The molecule has 1 saturated heterocycles. The number of Topliss-reactive ketones (excluding diaryl/α,β-unsaturated/α-hetero) is 1. The summed E-state index contributed by atoms with van der Waals surface area (Å²) in [6, 6.07) is 0. The van der Waals surface area contributed by atoms with Gasteiger partial charge in [-0.3, -0.25) is 15.1 Å². The normalized spacial score (nSPS) is 34.2. The van der Waals surface area contributed by atoms with Crippen molar-refractivity contribution in [3.05, 3.63) is 12.2 Å². The predicted molar refractivity (Wildman–Crippen MR) is 72.4 cm³/mol. The van der Waals surface area contributed by atoms with Crippen molar-refractivity contribution in [2.24, 2.45) is 10.4 Å².